The van der Waals surface area contributed by atoms with Gasteiger partial charge in [0.15, 0.2) is 5.01 Å². The Bertz CT molecular complexity index is 784. The van der Waals surface area contributed by atoms with Crippen LogP contribution in [-0.2, 0) is 12.8 Å². The zero-order valence-electron chi connectivity index (χ0n) is 16.4. The van der Waals surface area contributed by atoms with Crippen LogP contribution in [-0.4, -0.2) is 47.3 Å². The van der Waals surface area contributed by atoms with Gasteiger partial charge in [0.1, 0.15) is 11.5 Å². The normalized spacial score (nSPS) is 22.2. The van der Waals surface area contributed by atoms with Crippen molar-refractivity contribution in [2.75, 3.05) is 31.1 Å². The van der Waals surface area contributed by atoms with Crippen molar-refractivity contribution in [3.8, 4) is 10.6 Å². The summed E-state index contributed by atoms with van der Waals surface area (Å²) in [6.45, 7) is 6.91. The molecule has 2 aromatic rings. The smallest absolute Gasteiger partial charge is 0.208 e. The molecular weight excluding hydrogens is 356 g/mol. The lowest BCUT2D eigenvalue weighted by atomic mass is 9.95. The number of aryl methyl sites for hydroxylation is 2. The molecular formula is C21H30N4OS. The third kappa shape index (κ3) is 3.42. The molecule has 0 atom stereocenters. The van der Waals surface area contributed by atoms with Gasteiger partial charge in [0.25, 0.3) is 0 Å². The number of hydrogen-bond acceptors (Lipinski definition) is 6. The molecule has 0 spiro atoms. The maximum atomic E-state index is 6.05. The van der Waals surface area contributed by atoms with Gasteiger partial charge >= 0.3 is 0 Å². The van der Waals surface area contributed by atoms with Gasteiger partial charge in [-0.1, -0.05) is 17.8 Å². The average molecular weight is 387 g/mol. The lowest BCUT2D eigenvalue weighted by Crippen LogP contribution is -2.46. The lowest BCUT2D eigenvalue weighted by Gasteiger charge is -2.40. The summed E-state index contributed by atoms with van der Waals surface area (Å²) in [4.78, 5) is 5.18. The second-order valence-corrected chi connectivity index (χ2v) is 9.30. The van der Waals surface area contributed by atoms with Crippen molar-refractivity contribution >= 4 is 16.5 Å². The van der Waals surface area contributed by atoms with Crippen molar-refractivity contribution in [1.82, 2.24) is 15.1 Å². The highest BCUT2D eigenvalue weighted by atomic mass is 32.1. The van der Waals surface area contributed by atoms with Crippen molar-refractivity contribution in [2.45, 2.75) is 70.8 Å². The first-order valence-corrected chi connectivity index (χ1v) is 11.6. The maximum Gasteiger partial charge on any atom is 0.208 e. The zero-order valence-corrected chi connectivity index (χ0v) is 17.2. The SMILES string of the molecule is Cc1oc2c(c1-c1nnc(N3CCC(N4CCCCC4)CC3)s1)CCCC2. The number of piperidine rings is 2. The molecule has 27 heavy (non-hydrogen) atoms. The summed E-state index contributed by atoms with van der Waals surface area (Å²) < 4.78 is 6.05. The number of fused-ring (bicyclic) bond motifs is 1. The average Bonchev–Trinajstić information content (AvgIpc) is 3.32. The van der Waals surface area contributed by atoms with Gasteiger partial charge in [-0.25, -0.2) is 0 Å². The molecule has 0 bridgehead atoms. The van der Waals surface area contributed by atoms with Gasteiger partial charge in [-0.2, -0.15) is 0 Å². The number of anilines is 1. The highest BCUT2D eigenvalue weighted by molar-refractivity contribution is 7.18. The minimum absolute atomic E-state index is 0.775. The second-order valence-electron chi connectivity index (χ2n) is 8.35. The molecule has 5 nitrogen and oxygen atoms in total. The van der Waals surface area contributed by atoms with E-state index >= 15 is 0 Å². The monoisotopic (exact) mass is 386 g/mol. The van der Waals surface area contributed by atoms with Crippen molar-refractivity contribution < 1.29 is 4.42 Å². The minimum atomic E-state index is 0.775. The molecule has 0 radical (unpaired) electrons. The summed E-state index contributed by atoms with van der Waals surface area (Å²) in [5, 5.41) is 11.3. The van der Waals surface area contributed by atoms with Gasteiger partial charge in [-0.05, 0) is 65.0 Å². The molecule has 4 heterocycles. The van der Waals surface area contributed by atoms with Crippen LogP contribution in [0, 0.1) is 6.92 Å². The van der Waals surface area contributed by atoms with Gasteiger partial charge in [0.05, 0.1) is 5.56 Å². The van der Waals surface area contributed by atoms with Crippen LogP contribution in [0.1, 0.15) is 62.0 Å². The molecule has 146 valence electrons. The highest BCUT2D eigenvalue weighted by Crippen LogP contribution is 2.39. The third-order valence-corrected chi connectivity index (χ3v) is 7.62. The van der Waals surface area contributed by atoms with Crippen LogP contribution < -0.4 is 4.90 Å². The second kappa shape index (κ2) is 7.55. The Morgan fingerprint density at radius 1 is 0.926 bits per heavy atom. The lowest BCUT2D eigenvalue weighted by molar-refractivity contribution is 0.141. The number of nitrogens with zero attached hydrogens (tertiary/aromatic N) is 4. The molecule has 6 heteroatoms. The van der Waals surface area contributed by atoms with Gasteiger partial charge in [-0.3, -0.25) is 0 Å². The summed E-state index contributed by atoms with van der Waals surface area (Å²) in [7, 11) is 0. The molecule has 5 rings (SSSR count). The molecule has 0 saturated carbocycles. The largest absolute Gasteiger partial charge is 0.465 e. The number of rotatable bonds is 3. The predicted molar refractivity (Wildman–Crippen MR) is 110 cm³/mol. The molecule has 3 aliphatic rings. The third-order valence-electron chi connectivity index (χ3n) is 6.62. The summed E-state index contributed by atoms with van der Waals surface area (Å²) in [5.74, 6) is 2.21. The summed E-state index contributed by atoms with van der Waals surface area (Å²) in [6, 6.07) is 0.775. The van der Waals surface area contributed by atoms with Gasteiger partial charge in [0, 0.05) is 31.1 Å². The van der Waals surface area contributed by atoms with E-state index in [0.717, 1.165) is 47.9 Å². The van der Waals surface area contributed by atoms with Crippen molar-refractivity contribution in [1.29, 1.82) is 0 Å². The highest BCUT2D eigenvalue weighted by Gasteiger charge is 2.28. The Hall–Kier alpha value is -1.40. The minimum Gasteiger partial charge on any atom is -0.465 e. The Labute approximate surface area is 165 Å². The van der Waals surface area contributed by atoms with Crippen LogP contribution >= 0.6 is 11.3 Å². The molecule has 0 unspecified atom stereocenters. The van der Waals surface area contributed by atoms with Crippen LogP contribution in [0.25, 0.3) is 10.6 Å². The maximum absolute atomic E-state index is 6.05. The molecule has 1 aliphatic carbocycles. The first kappa shape index (κ1) is 17.7. The summed E-state index contributed by atoms with van der Waals surface area (Å²) in [6.07, 6.45) is 11.4. The quantitative estimate of drug-likeness (QED) is 0.780. The zero-order chi connectivity index (χ0) is 18.2. The van der Waals surface area contributed by atoms with Crippen LogP contribution in [0.5, 0.6) is 0 Å². The van der Waals surface area contributed by atoms with E-state index in [1.807, 2.05) is 0 Å². The van der Waals surface area contributed by atoms with Crippen molar-refractivity contribution in [2.24, 2.45) is 0 Å². The molecule has 2 fully saturated rings. The molecule has 2 saturated heterocycles. The number of hydrogen-bond donors (Lipinski definition) is 0. The fourth-order valence-corrected chi connectivity index (χ4v) is 6.15. The fourth-order valence-electron chi connectivity index (χ4n) is 5.13. The Morgan fingerprint density at radius 2 is 1.70 bits per heavy atom. The van der Waals surface area contributed by atoms with Gasteiger partial charge < -0.3 is 14.2 Å². The molecule has 2 aliphatic heterocycles. The fraction of sp³-hybridized carbons (Fsp3) is 0.714. The van der Waals surface area contributed by atoms with Gasteiger partial charge in [-0.15, -0.1) is 10.2 Å². The first-order valence-electron chi connectivity index (χ1n) is 10.7. The van der Waals surface area contributed by atoms with Crippen LogP contribution in [0.4, 0.5) is 5.13 Å². The van der Waals surface area contributed by atoms with Crippen LogP contribution in [0.2, 0.25) is 0 Å². The van der Waals surface area contributed by atoms with E-state index in [2.05, 4.69) is 26.9 Å². The molecule has 2 aromatic heterocycles. The predicted octanol–water partition coefficient (Wildman–Crippen LogP) is 4.44. The van der Waals surface area contributed by atoms with Gasteiger partial charge in [0.2, 0.25) is 5.13 Å². The van der Waals surface area contributed by atoms with E-state index < -0.39 is 0 Å². The van der Waals surface area contributed by atoms with E-state index in [1.54, 1.807) is 11.3 Å². The van der Waals surface area contributed by atoms with E-state index in [1.165, 1.54) is 74.9 Å². The van der Waals surface area contributed by atoms with E-state index in [4.69, 9.17) is 4.42 Å². The molecule has 0 N–H and O–H groups in total. The molecule has 0 aromatic carbocycles. The number of aromatic nitrogens is 2. The Morgan fingerprint density at radius 3 is 2.52 bits per heavy atom. The number of furan rings is 1. The van der Waals surface area contributed by atoms with Crippen molar-refractivity contribution in [3.63, 3.8) is 0 Å². The van der Waals surface area contributed by atoms with E-state index in [0.29, 0.717) is 0 Å². The van der Waals surface area contributed by atoms with Crippen LogP contribution in [0.3, 0.4) is 0 Å². The first-order chi connectivity index (χ1) is 13.3. The van der Waals surface area contributed by atoms with Crippen LogP contribution in [0.15, 0.2) is 4.42 Å². The van der Waals surface area contributed by atoms with E-state index in [-0.39, 0.29) is 0 Å². The van der Waals surface area contributed by atoms with E-state index in [9.17, 15) is 0 Å². The van der Waals surface area contributed by atoms with Crippen molar-refractivity contribution in [3.05, 3.63) is 17.1 Å². The Kier molecular flexibility index (Phi) is 4.94. The summed E-state index contributed by atoms with van der Waals surface area (Å²) in [5.41, 5.74) is 2.63. The topological polar surface area (TPSA) is 45.4 Å². The summed E-state index contributed by atoms with van der Waals surface area (Å²) >= 11 is 1.75. The molecule has 0 amide bonds. The Balaban J connectivity index is 1.29. The number of likely N-dealkylation sites (tertiary alicyclic amines) is 1. The standard InChI is InChI=1S/C21H30N4OS/c1-15-19(17-7-3-4-8-18(17)26-15)20-22-23-21(27-20)25-13-9-16(10-14-25)24-11-5-2-6-12-24/h16H,2-14H2,1H3.